The molecule has 56 heavy (non-hydrogen) atoms. The molecule has 5 heterocycles. The van der Waals surface area contributed by atoms with Crippen LogP contribution in [0.25, 0.3) is 0 Å². The van der Waals surface area contributed by atoms with Crippen molar-refractivity contribution in [3.63, 3.8) is 0 Å². The largest absolute Gasteiger partial charge is 0.511 e. The Balaban J connectivity index is 1.16. The molecule has 5 aliphatic heterocycles. The quantitative estimate of drug-likeness (QED) is 0.111. The predicted octanol–water partition coefficient (Wildman–Crippen LogP) is 5.98. The highest BCUT2D eigenvalue weighted by Crippen LogP contribution is 2.46. The first-order valence-corrected chi connectivity index (χ1v) is 19.6. The number of nitrogens with zero attached hydrogens (tertiary/aromatic N) is 3. The van der Waals surface area contributed by atoms with E-state index in [4.69, 9.17) is 38.7 Å². The molecule has 1 fully saturated rings. The number of carbonyl (C=O) groups excluding carboxylic acids is 2. The molecule has 1 aliphatic carbocycles. The van der Waals surface area contributed by atoms with E-state index < -0.39 is 0 Å². The van der Waals surface area contributed by atoms with Gasteiger partial charge in [-0.05, 0) is 86.1 Å². The van der Waals surface area contributed by atoms with Crippen LogP contribution in [0.4, 0.5) is 0 Å². The summed E-state index contributed by atoms with van der Waals surface area (Å²) in [5.74, 6) is -0.439. The summed E-state index contributed by atoms with van der Waals surface area (Å²) < 4.78 is 26.7. The average Bonchev–Trinajstić information content (AvgIpc) is 3.92. The van der Waals surface area contributed by atoms with Gasteiger partial charge in [0, 0.05) is 60.7 Å². The summed E-state index contributed by atoms with van der Waals surface area (Å²) in [6.07, 6.45) is 8.48. The lowest BCUT2D eigenvalue weighted by Crippen LogP contribution is -2.17. The minimum absolute atomic E-state index is 0.00406. The fraction of sp³-hybridized carbons (Fsp3) is 0.512. The van der Waals surface area contributed by atoms with E-state index in [0.29, 0.717) is 52.3 Å². The Morgan fingerprint density at radius 3 is 2.07 bits per heavy atom. The number of hydrogen-bond acceptors (Lipinski definition) is 13. The standard InChI is InChI=1S/C43H54N4O9/c1-7-29-24(2)34-22-38-30(10-11-48)25(3)33(45-38)21-35-26(4)31(8-9-40(51)56-19-17-54-15-13-52-12-14-53-16-18-55-28(6)49)42(46-35)32-20-39(50)41-27(5)36(47-43(32)41)23-37(29)44-34/h21-23,26,31,46,48,50H,7-20H2,1-6H3/t26-,31-/m0/s1. The molecule has 300 valence electrons. The molecule has 2 atom stereocenters. The molecule has 0 aromatic heterocycles. The lowest BCUT2D eigenvalue weighted by atomic mass is 9.86. The third kappa shape index (κ3) is 8.96. The number of aliphatic hydroxyl groups excluding tert-OH is 2. The number of allylic oxidation sites excluding steroid dienone is 12. The molecule has 0 unspecified atom stereocenters. The summed E-state index contributed by atoms with van der Waals surface area (Å²) in [6, 6.07) is 0. The molecule has 1 saturated heterocycles. The maximum absolute atomic E-state index is 13.0. The van der Waals surface area contributed by atoms with E-state index in [2.05, 4.69) is 32.2 Å². The van der Waals surface area contributed by atoms with E-state index in [0.717, 1.165) is 91.1 Å². The molecular formula is C43H54N4O9. The van der Waals surface area contributed by atoms with E-state index in [9.17, 15) is 19.8 Å². The van der Waals surface area contributed by atoms with E-state index in [1.165, 1.54) is 6.92 Å². The number of fused-ring (bicyclic) bond motifs is 5. The summed E-state index contributed by atoms with van der Waals surface area (Å²) >= 11 is 0. The van der Waals surface area contributed by atoms with Gasteiger partial charge in [-0.25, -0.2) is 15.0 Å². The highest BCUT2D eigenvalue weighted by atomic mass is 16.6. The van der Waals surface area contributed by atoms with Crippen molar-refractivity contribution < 1.29 is 43.5 Å². The number of rotatable bonds is 18. The number of nitrogens with one attached hydrogen (secondary N) is 1. The van der Waals surface area contributed by atoms with Crippen molar-refractivity contribution in [2.24, 2.45) is 26.8 Å². The van der Waals surface area contributed by atoms with Gasteiger partial charge in [-0.2, -0.15) is 0 Å². The normalized spacial score (nSPS) is 21.4. The first kappa shape index (κ1) is 41.0. The van der Waals surface area contributed by atoms with Crippen LogP contribution >= 0.6 is 0 Å². The van der Waals surface area contributed by atoms with Crippen molar-refractivity contribution in [3.05, 3.63) is 91.5 Å². The average molecular weight is 771 g/mol. The van der Waals surface area contributed by atoms with E-state index >= 15 is 0 Å². The second-order valence-corrected chi connectivity index (χ2v) is 14.5. The lowest BCUT2D eigenvalue weighted by molar-refractivity contribution is -0.145. The Hall–Kier alpha value is -4.69. The lowest BCUT2D eigenvalue weighted by Gasteiger charge is -2.17. The summed E-state index contributed by atoms with van der Waals surface area (Å²) in [7, 11) is 0. The van der Waals surface area contributed by atoms with Gasteiger partial charge >= 0.3 is 11.9 Å². The van der Waals surface area contributed by atoms with Crippen molar-refractivity contribution in [2.75, 3.05) is 59.5 Å². The van der Waals surface area contributed by atoms with Crippen LogP contribution in [0.5, 0.6) is 0 Å². The number of esters is 2. The maximum Gasteiger partial charge on any atom is 0.305 e. The van der Waals surface area contributed by atoms with Gasteiger partial charge in [0.15, 0.2) is 0 Å². The van der Waals surface area contributed by atoms with Crippen molar-refractivity contribution in [1.82, 2.24) is 5.32 Å². The van der Waals surface area contributed by atoms with Crippen LogP contribution in [0.1, 0.15) is 73.6 Å². The molecule has 6 aliphatic rings. The number of aliphatic imine (C=N–C) groups is 3. The summed E-state index contributed by atoms with van der Waals surface area (Å²) in [4.78, 5) is 39.1. The van der Waals surface area contributed by atoms with E-state index in [1.54, 1.807) is 0 Å². The Morgan fingerprint density at radius 2 is 1.43 bits per heavy atom. The smallest absolute Gasteiger partial charge is 0.305 e. The minimum atomic E-state index is -0.337. The van der Waals surface area contributed by atoms with Crippen LogP contribution < -0.4 is 5.32 Å². The predicted molar refractivity (Wildman–Crippen MR) is 213 cm³/mol. The van der Waals surface area contributed by atoms with Gasteiger partial charge in [0.25, 0.3) is 0 Å². The van der Waals surface area contributed by atoms with Crippen LogP contribution in [-0.2, 0) is 33.3 Å². The van der Waals surface area contributed by atoms with Crippen LogP contribution in [0.15, 0.2) is 106 Å². The van der Waals surface area contributed by atoms with E-state index in [-0.39, 0.29) is 62.4 Å². The number of aliphatic hydroxyl groups is 2. The van der Waals surface area contributed by atoms with Gasteiger partial charge in [0.05, 0.1) is 73.9 Å². The molecule has 6 rings (SSSR count). The Labute approximate surface area is 328 Å². The highest BCUT2D eigenvalue weighted by Gasteiger charge is 2.41. The molecule has 13 heteroatoms. The zero-order chi connectivity index (χ0) is 39.9. The summed E-state index contributed by atoms with van der Waals surface area (Å²) in [6.45, 7) is 14.2. The van der Waals surface area contributed by atoms with Gasteiger partial charge in [-0.1, -0.05) is 13.8 Å². The van der Waals surface area contributed by atoms with Crippen molar-refractivity contribution >= 4 is 29.1 Å². The zero-order valence-corrected chi connectivity index (χ0v) is 33.4. The van der Waals surface area contributed by atoms with Crippen molar-refractivity contribution in [1.29, 1.82) is 0 Å². The number of carbonyl (C=O) groups is 2. The Kier molecular flexibility index (Phi) is 13.5. The zero-order valence-electron chi connectivity index (χ0n) is 33.4. The molecule has 0 amide bonds. The molecule has 3 N–H and O–H groups in total. The molecule has 0 aromatic rings. The maximum atomic E-state index is 13.0. The minimum Gasteiger partial charge on any atom is -0.511 e. The van der Waals surface area contributed by atoms with Crippen LogP contribution in [0.3, 0.4) is 0 Å². The third-order valence-corrected chi connectivity index (χ3v) is 11.0. The van der Waals surface area contributed by atoms with Crippen LogP contribution in [-0.4, -0.2) is 98.7 Å². The SMILES string of the molecule is CCC1=C(C)C2=NC1=CC1=C(C)C3=C(O)CC(=C4NC(=CC5=NC(=C2)C(CCO)=C5C)[C@@H](C)[C@@H]4CCC(=O)OCCOCCOCCOCCOC(C)=O)C3=N1. The van der Waals surface area contributed by atoms with Crippen LogP contribution in [0.2, 0.25) is 0 Å². The van der Waals surface area contributed by atoms with Gasteiger partial charge < -0.3 is 39.2 Å². The highest BCUT2D eigenvalue weighted by molar-refractivity contribution is 6.21. The van der Waals surface area contributed by atoms with Crippen LogP contribution in [0, 0.1) is 11.8 Å². The number of ether oxygens (including phenoxy) is 5. The summed E-state index contributed by atoms with van der Waals surface area (Å²) in [5, 5.41) is 25.1. The fourth-order valence-electron chi connectivity index (χ4n) is 7.93. The molecular weight excluding hydrogens is 716 g/mol. The molecule has 0 radical (unpaired) electrons. The van der Waals surface area contributed by atoms with Gasteiger partial charge in [0.1, 0.15) is 19.0 Å². The number of hydrogen-bond donors (Lipinski definition) is 3. The first-order chi connectivity index (χ1) is 27.0. The first-order valence-electron chi connectivity index (χ1n) is 19.6. The third-order valence-electron chi connectivity index (χ3n) is 11.0. The molecule has 13 nitrogen and oxygen atoms in total. The second-order valence-electron chi connectivity index (χ2n) is 14.5. The van der Waals surface area contributed by atoms with E-state index in [1.807, 2.05) is 26.0 Å². The van der Waals surface area contributed by atoms with Crippen molar-refractivity contribution in [3.8, 4) is 0 Å². The molecule has 8 bridgehead atoms. The van der Waals surface area contributed by atoms with Gasteiger partial charge in [0.2, 0.25) is 0 Å². The topological polar surface area (TPSA) is 170 Å². The molecule has 0 spiro atoms. The molecule has 0 aromatic carbocycles. The Bertz CT molecular complexity index is 1980. The second kappa shape index (κ2) is 18.5. The van der Waals surface area contributed by atoms with Gasteiger partial charge in [-0.15, -0.1) is 0 Å². The molecule has 0 saturated carbocycles. The van der Waals surface area contributed by atoms with Gasteiger partial charge in [-0.3, -0.25) is 9.59 Å². The Morgan fingerprint density at radius 1 is 0.821 bits per heavy atom. The summed E-state index contributed by atoms with van der Waals surface area (Å²) in [5.41, 5.74) is 13.6. The van der Waals surface area contributed by atoms with Crippen molar-refractivity contribution in [2.45, 2.75) is 73.6 Å². The fourth-order valence-corrected chi connectivity index (χ4v) is 7.93. The monoisotopic (exact) mass is 770 g/mol.